The molecule has 0 amide bonds. The van der Waals surface area contributed by atoms with E-state index in [0.29, 0.717) is 0 Å². The predicted molar refractivity (Wildman–Crippen MR) is 66.1 cm³/mol. The van der Waals surface area contributed by atoms with E-state index in [-0.39, 0.29) is 6.04 Å². The van der Waals surface area contributed by atoms with E-state index < -0.39 is 0 Å². The smallest absolute Gasteiger partial charge is 0.0426 e. The summed E-state index contributed by atoms with van der Waals surface area (Å²) >= 11 is 0. The molecule has 0 saturated heterocycles. The van der Waals surface area contributed by atoms with Gasteiger partial charge in [-0.3, -0.25) is 0 Å². The van der Waals surface area contributed by atoms with Crippen molar-refractivity contribution in [2.45, 2.75) is 33.7 Å². The highest BCUT2D eigenvalue weighted by molar-refractivity contribution is 5.39. The van der Waals surface area contributed by atoms with Gasteiger partial charge in [-0.05, 0) is 44.0 Å². The molecule has 15 heavy (non-hydrogen) atoms. The van der Waals surface area contributed by atoms with E-state index in [1.54, 1.807) is 0 Å². The van der Waals surface area contributed by atoms with Gasteiger partial charge in [0.1, 0.15) is 0 Å². The Morgan fingerprint density at radius 3 is 2.20 bits per heavy atom. The fourth-order valence-electron chi connectivity index (χ4n) is 2.18. The highest BCUT2D eigenvalue weighted by atomic mass is 14.9. The monoisotopic (exact) mass is 206 g/mol. The molecule has 2 nitrogen and oxygen atoms in total. The van der Waals surface area contributed by atoms with E-state index in [9.17, 15) is 0 Å². The van der Waals surface area contributed by atoms with Gasteiger partial charge in [0.05, 0.1) is 0 Å². The second-order valence-electron chi connectivity index (χ2n) is 4.23. The average molecular weight is 206 g/mol. The van der Waals surface area contributed by atoms with Crippen LogP contribution in [0.15, 0.2) is 12.1 Å². The van der Waals surface area contributed by atoms with Gasteiger partial charge < -0.3 is 11.1 Å². The lowest BCUT2D eigenvalue weighted by molar-refractivity contribution is 0.611. The number of aryl methyl sites for hydroxylation is 3. The third-order valence-corrected chi connectivity index (χ3v) is 2.72. The quantitative estimate of drug-likeness (QED) is 0.792. The first-order valence-corrected chi connectivity index (χ1v) is 5.60. The lowest BCUT2D eigenvalue weighted by Crippen LogP contribution is -2.27. The lowest BCUT2D eigenvalue weighted by atomic mass is 9.94. The summed E-state index contributed by atoms with van der Waals surface area (Å²) in [5, 5.41) is 3.29. The van der Waals surface area contributed by atoms with Crippen molar-refractivity contribution in [3.63, 3.8) is 0 Å². The van der Waals surface area contributed by atoms with Crippen molar-refractivity contribution in [3.8, 4) is 0 Å². The van der Waals surface area contributed by atoms with E-state index in [0.717, 1.165) is 13.1 Å². The van der Waals surface area contributed by atoms with Crippen LogP contribution in [0, 0.1) is 20.8 Å². The van der Waals surface area contributed by atoms with Gasteiger partial charge >= 0.3 is 0 Å². The van der Waals surface area contributed by atoms with Crippen LogP contribution in [0.3, 0.4) is 0 Å². The van der Waals surface area contributed by atoms with Gasteiger partial charge in [-0.2, -0.15) is 0 Å². The molecule has 0 aromatic heterocycles. The summed E-state index contributed by atoms with van der Waals surface area (Å²) in [5.74, 6) is 0. The summed E-state index contributed by atoms with van der Waals surface area (Å²) in [5.41, 5.74) is 11.4. The Morgan fingerprint density at radius 1 is 1.20 bits per heavy atom. The summed E-state index contributed by atoms with van der Waals surface area (Å²) in [7, 11) is 0. The van der Waals surface area contributed by atoms with E-state index in [4.69, 9.17) is 5.73 Å². The molecule has 1 atom stereocenters. The van der Waals surface area contributed by atoms with Gasteiger partial charge in [-0.1, -0.05) is 24.6 Å². The molecule has 0 aliphatic carbocycles. The van der Waals surface area contributed by atoms with E-state index in [1.807, 2.05) is 0 Å². The highest BCUT2D eigenvalue weighted by Gasteiger charge is 2.11. The van der Waals surface area contributed by atoms with Crippen LogP contribution < -0.4 is 11.1 Å². The molecule has 84 valence electrons. The normalized spacial score (nSPS) is 12.9. The largest absolute Gasteiger partial charge is 0.323 e. The summed E-state index contributed by atoms with van der Waals surface area (Å²) in [6.45, 7) is 10.3. The zero-order chi connectivity index (χ0) is 11.4. The van der Waals surface area contributed by atoms with Gasteiger partial charge in [0.25, 0.3) is 0 Å². The fourth-order valence-corrected chi connectivity index (χ4v) is 2.18. The molecule has 1 aromatic carbocycles. The maximum atomic E-state index is 6.17. The molecule has 1 unspecified atom stereocenters. The Labute approximate surface area is 92.9 Å². The van der Waals surface area contributed by atoms with Crippen LogP contribution in [0.25, 0.3) is 0 Å². The molecule has 0 aliphatic rings. The molecule has 1 rings (SSSR count). The lowest BCUT2D eigenvalue weighted by Gasteiger charge is -2.18. The summed E-state index contributed by atoms with van der Waals surface area (Å²) in [6, 6.07) is 4.51. The number of hydrogen-bond acceptors (Lipinski definition) is 2. The SMILES string of the molecule is CCNCC(N)c1c(C)cc(C)cc1C. The second-order valence-corrected chi connectivity index (χ2v) is 4.23. The van der Waals surface area contributed by atoms with Crippen molar-refractivity contribution in [3.05, 3.63) is 34.4 Å². The van der Waals surface area contributed by atoms with Crippen molar-refractivity contribution in [2.75, 3.05) is 13.1 Å². The predicted octanol–water partition coefficient (Wildman–Crippen LogP) is 2.22. The second kappa shape index (κ2) is 5.29. The van der Waals surface area contributed by atoms with Crippen LogP contribution in [-0.2, 0) is 0 Å². The van der Waals surface area contributed by atoms with Crippen LogP contribution in [0.2, 0.25) is 0 Å². The van der Waals surface area contributed by atoms with Crippen LogP contribution in [0.1, 0.15) is 35.2 Å². The number of nitrogens with one attached hydrogen (secondary N) is 1. The van der Waals surface area contributed by atoms with Crippen molar-refractivity contribution in [2.24, 2.45) is 5.73 Å². The van der Waals surface area contributed by atoms with E-state index in [1.165, 1.54) is 22.3 Å². The molecular weight excluding hydrogens is 184 g/mol. The van der Waals surface area contributed by atoms with Crippen LogP contribution >= 0.6 is 0 Å². The van der Waals surface area contributed by atoms with Crippen molar-refractivity contribution >= 4 is 0 Å². The molecule has 0 radical (unpaired) electrons. The maximum Gasteiger partial charge on any atom is 0.0426 e. The molecule has 3 N–H and O–H groups in total. The van der Waals surface area contributed by atoms with Crippen molar-refractivity contribution in [1.29, 1.82) is 0 Å². The van der Waals surface area contributed by atoms with Crippen LogP contribution in [-0.4, -0.2) is 13.1 Å². The molecule has 0 spiro atoms. The minimum absolute atomic E-state index is 0.102. The Hall–Kier alpha value is -0.860. The molecular formula is C13H22N2. The number of nitrogens with two attached hydrogens (primary N) is 1. The molecule has 0 bridgehead atoms. The number of likely N-dealkylation sites (N-methyl/N-ethyl adjacent to an activating group) is 1. The minimum atomic E-state index is 0.102. The maximum absolute atomic E-state index is 6.17. The zero-order valence-corrected chi connectivity index (χ0v) is 10.2. The summed E-state index contributed by atoms with van der Waals surface area (Å²) in [4.78, 5) is 0. The third-order valence-electron chi connectivity index (χ3n) is 2.72. The summed E-state index contributed by atoms with van der Waals surface area (Å²) in [6.07, 6.45) is 0. The molecule has 0 heterocycles. The van der Waals surface area contributed by atoms with Gasteiger partial charge in [0.15, 0.2) is 0 Å². The van der Waals surface area contributed by atoms with Crippen LogP contribution in [0.5, 0.6) is 0 Å². The summed E-state index contributed by atoms with van der Waals surface area (Å²) < 4.78 is 0. The molecule has 2 heteroatoms. The first-order valence-electron chi connectivity index (χ1n) is 5.60. The number of rotatable bonds is 4. The molecule has 0 aliphatic heterocycles. The van der Waals surface area contributed by atoms with Gasteiger partial charge in [0, 0.05) is 12.6 Å². The Kier molecular flexibility index (Phi) is 4.30. The van der Waals surface area contributed by atoms with Gasteiger partial charge in [-0.25, -0.2) is 0 Å². The van der Waals surface area contributed by atoms with Crippen molar-refractivity contribution in [1.82, 2.24) is 5.32 Å². The average Bonchev–Trinajstić information content (AvgIpc) is 2.12. The third kappa shape index (κ3) is 3.05. The first kappa shape index (κ1) is 12.2. The molecule has 1 aromatic rings. The van der Waals surface area contributed by atoms with E-state index >= 15 is 0 Å². The van der Waals surface area contributed by atoms with Crippen molar-refractivity contribution < 1.29 is 0 Å². The Balaban J connectivity index is 2.92. The van der Waals surface area contributed by atoms with Gasteiger partial charge in [-0.15, -0.1) is 0 Å². The topological polar surface area (TPSA) is 38.0 Å². The standard InChI is InChI=1S/C13H22N2/c1-5-15-8-12(14)13-10(3)6-9(2)7-11(13)4/h6-7,12,15H,5,8,14H2,1-4H3. The Morgan fingerprint density at radius 2 is 1.73 bits per heavy atom. The van der Waals surface area contributed by atoms with Crippen LogP contribution in [0.4, 0.5) is 0 Å². The Bertz CT molecular complexity index is 308. The zero-order valence-electron chi connectivity index (χ0n) is 10.2. The van der Waals surface area contributed by atoms with E-state index in [2.05, 4.69) is 45.1 Å². The molecule has 0 fully saturated rings. The highest BCUT2D eigenvalue weighted by Crippen LogP contribution is 2.21. The number of benzene rings is 1. The van der Waals surface area contributed by atoms with Gasteiger partial charge in [0.2, 0.25) is 0 Å². The minimum Gasteiger partial charge on any atom is -0.323 e. The first-order chi connectivity index (χ1) is 7.06. The molecule has 0 saturated carbocycles. The fraction of sp³-hybridized carbons (Fsp3) is 0.538. The number of hydrogen-bond donors (Lipinski definition) is 2.